The Morgan fingerprint density at radius 2 is 1.73 bits per heavy atom. The highest BCUT2D eigenvalue weighted by Crippen LogP contribution is 2.32. The number of nitrogens with zero attached hydrogens (tertiary/aromatic N) is 2. The quantitative estimate of drug-likeness (QED) is 0.777. The van der Waals surface area contributed by atoms with Gasteiger partial charge in [0.25, 0.3) is 0 Å². The van der Waals surface area contributed by atoms with Gasteiger partial charge in [0.15, 0.2) is 0 Å². The van der Waals surface area contributed by atoms with Crippen LogP contribution in [-0.4, -0.2) is 21.9 Å². The smallest absolute Gasteiger partial charge is 0.417 e. The monoisotopic (exact) mass is 421 g/mol. The van der Waals surface area contributed by atoms with Crippen LogP contribution >= 0.6 is 0 Å². The largest absolute Gasteiger partial charge is 0.443 e. The average Bonchev–Trinajstić information content (AvgIpc) is 3.09. The van der Waals surface area contributed by atoms with E-state index in [1.54, 1.807) is 20.8 Å². The summed E-state index contributed by atoms with van der Waals surface area (Å²) in [6, 6.07) is 8.39. The third-order valence-electron chi connectivity index (χ3n) is 4.66. The summed E-state index contributed by atoms with van der Waals surface area (Å²) in [7, 11) is 0. The summed E-state index contributed by atoms with van der Waals surface area (Å²) in [6.45, 7) is 5.31. The lowest BCUT2D eigenvalue weighted by Gasteiger charge is -2.20. The highest BCUT2D eigenvalue weighted by molar-refractivity contribution is 5.95. The van der Waals surface area contributed by atoms with Crippen LogP contribution in [0.15, 0.2) is 36.5 Å². The molecule has 0 aliphatic carbocycles. The molecule has 2 aromatic rings. The summed E-state index contributed by atoms with van der Waals surface area (Å²) in [5.74, 6) is -0.480. The number of ether oxygens (including phenoxy) is 1. The van der Waals surface area contributed by atoms with Crippen molar-refractivity contribution in [3.05, 3.63) is 58.9 Å². The highest BCUT2D eigenvalue weighted by atomic mass is 19.4. The Hall–Kier alpha value is -3.10. The number of pyridine rings is 1. The Bertz CT molecular complexity index is 943. The predicted molar refractivity (Wildman–Crippen MR) is 103 cm³/mol. The normalized spacial score (nSPS) is 13.7. The van der Waals surface area contributed by atoms with Crippen LogP contribution in [0.2, 0.25) is 0 Å². The van der Waals surface area contributed by atoms with Crippen LogP contribution in [0.3, 0.4) is 0 Å². The van der Waals surface area contributed by atoms with Crippen LogP contribution in [0, 0.1) is 5.41 Å². The van der Waals surface area contributed by atoms with Gasteiger partial charge < -0.3 is 10.1 Å². The summed E-state index contributed by atoms with van der Waals surface area (Å²) in [5, 5.41) is 2.46. The van der Waals surface area contributed by atoms with Crippen molar-refractivity contribution in [3.8, 4) is 0 Å². The summed E-state index contributed by atoms with van der Waals surface area (Å²) in [5.41, 5.74) is 0.0916. The van der Waals surface area contributed by atoms with E-state index in [0.717, 1.165) is 17.2 Å². The van der Waals surface area contributed by atoms with Gasteiger partial charge in [-0.25, -0.2) is 4.79 Å². The molecule has 1 aromatic heterocycles. The fourth-order valence-corrected chi connectivity index (χ4v) is 2.86. The second-order valence-electron chi connectivity index (χ2n) is 8.10. The van der Waals surface area contributed by atoms with Gasteiger partial charge in [-0.3, -0.25) is 14.7 Å². The average molecular weight is 421 g/mol. The van der Waals surface area contributed by atoms with E-state index in [1.165, 1.54) is 4.90 Å². The second kappa shape index (κ2) is 7.97. The van der Waals surface area contributed by atoms with Crippen LogP contribution in [0.5, 0.6) is 0 Å². The van der Waals surface area contributed by atoms with Crippen molar-refractivity contribution >= 4 is 17.7 Å². The maximum Gasteiger partial charge on any atom is 0.417 e. The van der Waals surface area contributed by atoms with Crippen molar-refractivity contribution in [1.82, 2.24) is 9.88 Å². The molecule has 1 aromatic carbocycles. The third-order valence-corrected chi connectivity index (χ3v) is 4.66. The van der Waals surface area contributed by atoms with Gasteiger partial charge in [0.05, 0.1) is 11.3 Å². The van der Waals surface area contributed by atoms with Crippen LogP contribution < -0.4 is 5.32 Å². The molecule has 160 valence electrons. The molecule has 0 radical (unpaired) electrons. The van der Waals surface area contributed by atoms with E-state index < -0.39 is 29.2 Å². The van der Waals surface area contributed by atoms with Gasteiger partial charge in [-0.05, 0) is 17.2 Å². The molecule has 2 amide bonds. The molecule has 1 N–H and O–H groups in total. The van der Waals surface area contributed by atoms with Gasteiger partial charge >= 0.3 is 12.3 Å². The van der Waals surface area contributed by atoms with Crippen LogP contribution in [0.25, 0.3) is 0 Å². The molecule has 6 nitrogen and oxygen atoms in total. The number of carbonyl (C=O) groups excluding carboxylic acids is 2. The molecule has 0 saturated carbocycles. The van der Waals surface area contributed by atoms with Crippen molar-refractivity contribution in [2.24, 2.45) is 5.41 Å². The number of alkyl halides is 3. The zero-order valence-corrected chi connectivity index (χ0v) is 16.8. The number of hydrogen-bond acceptors (Lipinski definition) is 4. The first kappa shape index (κ1) is 21.6. The van der Waals surface area contributed by atoms with Crippen molar-refractivity contribution in [2.75, 3.05) is 5.32 Å². The fraction of sp³-hybridized carbons (Fsp3) is 0.381. The molecule has 0 fully saturated rings. The van der Waals surface area contributed by atoms with Gasteiger partial charge in [0.1, 0.15) is 12.3 Å². The number of nitrogens with one attached hydrogen (secondary N) is 1. The minimum absolute atomic E-state index is 0.0330. The number of rotatable bonds is 3. The lowest BCUT2D eigenvalue weighted by atomic mass is 9.95. The number of halogens is 3. The molecular weight excluding hydrogens is 399 g/mol. The summed E-state index contributed by atoms with van der Waals surface area (Å²) < 4.78 is 44.5. The molecule has 9 heteroatoms. The fourth-order valence-electron chi connectivity index (χ4n) is 2.86. The Balaban J connectivity index is 1.74. The maximum atomic E-state index is 13.1. The second-order valence-corrected chi connectivity index (χ2v) is 8.10. The molecule has 1 aliphatic heterocycles. The van der Waals surface area contributed by atoms with E-state index >= 15 is 0 Å². The minimum atomic E-state index is -4.62. The molecule has 0 unspecified atom stereocenters. The zero-order valence-electron chi connectivity index (χ0n) is 16.8. The maximum absolute atomic E-state index is 13.1. The molecule has 0 bridgehead atoms. The lowest BCUT2D eigenvalue weighted by molar-refractivity contribution is -0.137. The van der Waals surface area contributed by atoms with E-state index in [9.17, 15) is 22.8 Å². The number of aromatic nitrogens is 1. The van der Waals surface area contributed by atoms with Crippen molar-refractivity contribution in [3.63, 3.8) is 0 Å². The molecule has 30 heavy (non-hydrogen) atoms. The summed E-state index contributed by atoms with van der Waals surface area (Å²) >= 11 is 0. The Kier molecular flexibility index (Phi) is 5.74. The molecule has 0 saturated heterocycles. The van der Waals surface area contributed by atoms with Crippen LogP contribution in [0.1, 0.15) is 43.2 Å². The van der Waals surface area contributed by atoms with Crippen molar-refractivity contribution < 1.29 is 27.5 Å². The van der Waals surface area contributed by atoms with Crippen molar-refractivity contribution in [1.29, 1.82) is 0 Å². The topological polar surface area (TPSA) is 71.5 Å². The molecule has 0 spiro atoms. The standard InChI is InChI=1S/C21H22F3N3O3/c1-20(2,3)18(28)26-16-8-15(21(22,23)24)9-25-17(16)12-30-19(29)27-10-13-6-4-5-7-14(13)11-27/h4-9H,10-12H2,1-3H3,(H,26,28). The molecule has 3 rings (SSSR count). The SMILES string of the molecule is CC(C)(C)C(=O)Nc1cc(C(F)(F)F)cnc1COC(=O)N1Cc2ccccc2C1. The Morgan fingerprint density at radius 1 is 1.13 bits per heavy atom. The van der Waals surface area contributed by atoms with Gasteiger partial charge in [-0.2, -0.15) is 13.2 Å². The Morgan fingerprint density at radius 3 is 2.27 bits per heavy atom. The van der Waals surface area contributed by atoms with E-state index in [2.05, 4.69) is 10.3 Å². The van der Waals surface area contributed by atoms with Gasteiger partial charge in [-0.15, -0.1) is 0 Å². The first-order chi connectivity index (χ1) is 13.9. The highest BCUT2D eigenvalue weighted by Gasteiger charge is 2.33. The van der Waals surface area contributed by atoms with E-state index in [0.29, 0.717) is 19.3 Å². The molecular formula is C21H22F3N3O3. The van der Waals surface area contributed by atoms with Gasteiger partial charge in [-0.1, -0.05) is 45.0 Å². The van der Waals surface area contributed by atoms with E-state index in [1.807, 2.05) is 24.3 Å². The Labute approximate surface area is 172 Å². The van der Waals surface area contributed by atoms with Crippen LogP contribution in [0.4, 0.5) is 23.7 Å². The summed E-state index contributed by atoms with van der Waals surface area (Å²) in [4.78, 5) is 30.0. The number of amides is 2. The van der Waals surface area contributed by atoms with E-state index in [4.69, 9.17) is 4.74 Å². The number of carbonyl (C=O) groups is 2. The van der Waals surface area contributed by atoms with Gasteiger partial charge in [0, 0.05) is 24.7 Å². The predicted octanol–water partition coefficient (Wildman–Crippen LogP) is 4.74. The first-order valence-corrected chi connectivity index (χ1v) is 9.31. The van der Waals surface area contributed by atoms with Crippen LogP contribution in [-0.2, 0) is 35.4 Å². The van der Waals surface area contributed by atoms with Gasteiger partial charge in [0.2, 0.25) is 5.91 Å². The van der Waals surface area contributed by atoms with E-state index in [-0.39, 0.29) is 18.0 Å². The number of fused-ring (bicyclic) bond motifs is 1. The molecule has 1 aliphatic rings. The number of hydrogen-bond donors (Lipinski definition) is 1. The lowest BCUT2D eigenvalue weighted by Crippen LogP contribution is -2.29. The molecule has 2 heterocycles. The number of anilines is 1. The third kappa shape index (κ3) is 4.90. The number of benzene rings is 1. The first-order valence-electron chi connectivity index (χ1n) is 9.31. The summed E-state index contributed by atoms with van der Waals surface area (Å²) in [6.07, 6.45) is -4.58. The van der Waals surface area contributed by atoms with Crippen molar-refractivity contribution in [2.45, 2.75) is 46.6 Å². The minimum Gasteiger partial charge on any atom is -0.443 e. The molecule has 0 atom stereocenters. The zero-order chi connectivity index (χ0) is 22.1.